The Balaban J connectivity index is 1.20. The van der Waals surface area contributed by atoms with Crippen molar-refractivity contribution in [1.29, 1.82) is 0 Å². The Morgan fingerprint density at radius 2 is 1.24 bits per heavy atom. The average Bonchev–Trinajstić information content (AvgIpc) is 3.83. The minimum atomic E-state index is 0.157. The maximum absolute atomic E-state index is 6.52. The van der Waals surface area contributed by atoms with Crippen LogP contribution in [0.15, 0.2) is 54.3 Å². The number of rotatable bonds is 14. The molecule has 5 atom stereocenters. The molecule has 0 radical (unpaired) electrons. The van der Waals surface area contributed by atoms with Crippen LogP contribution in [0.25, 0.3) is 16.3 Å². The van der Waals surface area contributed by atoms with Gasteiger partial charge in [0.2, 0.25) is 0 Å². The predicted octanol–water partition coefficient (Wildman–Crippen LogP) is 5.05. The van der Waals surface area contributed by atoms with E-state index in [0.29, 0.717) is 38.8 Å². The first-order valence-corrected chi connectivity index (χ1v) is 15.1. The second kappa shape index (κ2) is 11.1. The quantitative estimate of drug-likeness (QED) is 0.248. The van der Waals surface area contributed by atoms with E-state index in [9.17, 15) is 0 Å². The molecule has 4 fully saturated rings. The van der Waals surface area contributed by atoms with Gasteiger partial charge in [0.1, 0.15) is 73.9 Å². The number of hydrogen-bond acceptors (Lipinski definition) is 8. The van der Waals surface area contributed by atoms with Gasteiger partial charge >= 0.3 is 0 Å². The van der Waals surface area contributed by atoms with Gasteiger partial charge < -0.3 is 37.9 Å². The van der Waals surface area contributed by atoms with E-state index in [1.165, 1.54) is 11.1 Å². The lowest BCUT2D eigenvalue weighted by Crippen LogP contribution is -2.15. The Labute approximate surface area is 245 Å². The summed E-state index contributed by atoms with van der Waals surface area (Å²) in [7, 11) is 0. The molecule has 8 heteroatoms. The van der Waals surface area contributed by atoms with Crippen molar-refractivity contribution in [3.63, 3.8) is 0 Å². The van der Waals surface area contributed by atoms with Crippen LogP contribution < -0.4 is 14.2 Å². The largest absolute Gasteiger partial charge is 0.495 e. The zero-order valence-electron chi connectivity index (χ0n) is 23.8. The fourth-order valence-corrected chi connectivity index (χ4v) is 5.65. The third-order valence-corrected chi connectivity index (χ3v) is 8.47. The lowest BCUT2D eigenvalue weighted by Gasteiger charge is -2.29. The van der Waals surface area contributed by atoms with E-state index in [2.05, 4.69) is 49.4 Å². The highest BCUT2D eigenvalue weighted by Gasteiger charge is 2.31. The number of hydrogen-bond donors (Lipinski definition) is 0. The average molecular weight is 573 g/mol. The van der Waals surface area contributed by atoms with Gasteiger partial charge in [-0.25, -0.2) is 0 Å². The summed E-state index contributed by atoms with van der Waals surface area (Å²) in [6.45, 7) is 7.52. The van der Waals surface area contributed by atoms with Crippen molar-refractivity contribution in [3.8, 4) is 17.2 Å². The molecule has 4 aliphatic heterocycles. The SMILES string of the molecule is CC1CC(OCC2CO2)=C(Cc2c(OCC3CO3)ccc3ccc(OCC4CO4)cc23)c2cc(OCC3CO3)ccc21. The molecule has 4 saturated heterocycles. The molecule has 1 aliphatic carbocycles. The Hall–Kier alpha value is -3.30. The molecule has 0 aromatic heterocycles. The van der Waals surface area contributed by atoms with Gasteiger partial charge in [-0.2, -0.15) is 0 Å². The number of fused-ring (bicyclic) bond motifs is 2. The molecule has 3 aromatic rings. The summed E-state index contributed by atoms with van der Waals surface area (Å²) in [6, 6.07) is 16.9. The van der Waals surface area contributed by atoms with Crippen LogP contribution in [-0.2, 0) is 30.1 Å². The van der Waals surface area contributed by atoms with Crippen molar-refractivity contribution >= 4 is 16.3 Å². The van der Waals surface area contributed by atoms with E-state index in [1.807, 2.05) is 6.07 Å². The van der Waals surface area contributed by atoms with Crippen molar-refractivity contribution in [2.24, 2.45) is 0 Å². The van der Waals surface area contributed by atoms with E-state index < -0.39 is 0 Å². The van der Waals surface area contributed by atoms with Crippen molar-refractivity contribution in [3.05, 3.63) is 71.0 Å². The van der Waals surface area contributed by atoms with Crippen LogP contribution in [-0.4, -0.2) is 77.3 Å². The summed E-state index contributed by atoms with van der Waals surface area (Å²) in [5.74, 6) is 3.86. The molecule has 0 N–H and O–H groups in total. The van der Waals surface area contributed by atoms with Crippen LogP contribution in [0.3, 0.4) is 0 Å². The molecule has 8 nitrogen and oxygen atoms in total. The second-order valence-corrected chi connectivity index (χ2v) is 11.9. The first kappa shape index (κ1) is 26.3. The van der Waals surface area contributed by atoms with Gasteiger partial charge in [0, 0.05) is 24.0 Å². The highest BCUT2D eigenvalue weighted by Crippen LogP contribution is 2.44. The molecule has 5 unspecified atom stereocenters. The molecule has 5 aliphatic rings. The summed E-state index contributed by atoms with van der Waals surface area (Å²) >= 11 is 0. The Kier molecular flexibility index (Phi) is 6.95. The molecule has 42 heavy (non-hydrogen) atoms. The van der Waals surface area contributed by atoms with Crippen LogP contribution in [0.5, 0.6) is 17.2 Å². The number of epoxide rings is 4. The third-order valence-electron chi connectivity index (χ3n) is 8.47. The third kappa shape index (κ3) is 6.08. The van der Waals surface area contributed by atoms with Gasteiger partial charge in [-0.3, -0.25) is 0 Å². The van der Waals surface area contributed by atoms with Gasteiger partial charge in [0.05, 0.1) is 26.4 Å². The molecule has 0 amide bonds. The fraction of sp³-hybridized carbons (Fsp3) is 0.471. The molecule has 0 saturated carbocycles. The monoisotopic (exact) mass is 572 g/mol. The van der Waals surface area contributed by atoms with E-state index in [4.69, 9.17) is 37.9 Å². The summed E-state index contributed by atoms with van der Waals surface area (Å²) in [5.41, 5.74) is 4.74. The summed E-state index contributed by atoms with van der Waals surface area (Å²) in [6.07, 6.45) is 2.19. The Bertz CT molecular complexity index is 1490. The zero-order chi connectivity index (χ0) is 28.0. The van der Waals surface area contributed by atoms with Gasteiger partial charge in [-0.05, 0) is 58.1 Å². The maximum Gasteiger partial charge on any atom is 0.123 e. The second-order valence-electron chi connectivity index (χ2n) is 11.9. The van der Waals surface area contributed by atoms with Crippen LogP contribution in [0.2, 0.25) is 0 Å². The topological polar surface area (TPSA) is 87.0 Å². The van der Waals surface area contributed by atoms with Crippen molar-refractivity contribution in [1.82, 2.24) is 0 Å². The van der Waals surface area contributed by atoms with Gasteiger partial charge in [-0.15, -0.1) is 0 Å². The number of benzene rings is 3. The summed E-state index contributed by atoms with van der Waals surface area (Å²) in [4.78, 5) is 0. The zero-order valence-corrected chi connectivity index (χ0v) is 23.8. The van der Waals surface area contributed by atoms with E-state index in [0.717, 1.165) is 77.8 Å². The van der Waals surface area contributed by atoms with Crippen LogP contribution >= 0.6 is 0 Å². The standard InChI is InChI=1S/C34H36O8/c1-20-8-34(42-19-27-17-40-27)32(30-10-23(5-6-28(20)30)36-13-25-15-38-25)11-31-29-9-22(35-12-24-14-37-24)4-2-21(29)3-7-33(31)41-18-26-16-39-26/h2-7,9-10,20,24-27H,8,11-19H2,1H3. The van der Waals surface area contributed by atoms with E-state index in [-0.39, 0.29) is 24.4 Å². The van der Waals surface area contributed by atoms with Crippen molar-refractivity contribution in [2.45, 2.75) is 50.1 Å². The smallest absolute Gasteiger partial charge is 0.123 e. The van der Waals surface area contributed by atoms with E-state index in [1.54, 1.807) is 0 Å². The van der Waals surface area contributed by atoms with E-state index >= 15 is 0 Å². The first-order valence-electron chi connectivity index (χ1n) is 15.1. The molecule has 4 heterocycles. The Morgan fingerprint density at radius 1 is 0.667 bits per heavy atom. The molecule has 220 valence electrons. The molecule has 0 bridgehead atoms. The number of ether oxygens (including phenoxy) is 8. The number of allylic oxidation sites excluding steroid dienone is 2. The predicted molar refractivity (Wildman–Crippen MR) is 155 cm³/mol. The highest BCUT2D eigenvalue weighted by atomic mass is 16.6. The fourth-order valence-electron chi connectivity index (χ4n) is 5.65. The van der Waals surface area contributed by atoms with Gasteiger partial charge in [0.15, 0.2) is 0 Å². The molecule has 0 spiro atoms. The highest BCUT2D eigenvalue weighted by molar-refractivity contribution is 5.91. The lowest BCUT2D eigenvalue weighted by atomic mass is 9.80. The van der Waals surface area contributed by atoms with Gasteiger partial charge in [-0.1, -0.05) is 25.1 Å². The summed E-state index contributed by atoms with van der Waals surface area (Å²) in [5, 5.41) is 2.24. The van der Waals surface area contributed by atoms with Crippen molar-refractivity contribution in [2.75, 3.05) is 52.9 Å². The van der Waals surface area contributed by atoms with Crippen LogP contribution in [0.1, 0.15) is 36.0 Å². The van der Waals surface area contributed by atoms with Gasteiger partial charge in [0.25, 0.3) is 0 Å². The first-order chi connectivity index (χ1) is 20.7. The molecular formula is C34H36O8. The molecule has 8 rings (SSSR count). The minimum absolute atomic E-state index is 0.157. The lowest BCUT2D eigenvalue weighted by molar-refractivity contribution is 0.172. The maximum atomic E-state index is 6.52. The molecular weight excluding hydrogens is 536 g/mol. The molecule has 3 aromatic carbocycles. The summed E-state index contributed by atoms with van der Waals surface area (Å²) < 4.78 is 46.8. The minimum Gasteiger partial charge on any atom is -0.495 e. The van der Waals surface area contributed by atoms with Crippen molar-refractivity contribution < 1.29 is 37.9 Å². The van der Waals surface area contributed by atoms with Crippen LogP contribution in [0.4, 0.5) is 0 Å². The Morgan fingerprint density at radius 3 is 1.90 bits per heavy atom. The van der Waals surface area contributed by atoms with Crippen LogP contribution in [0, 0.1) is 0 Å². The normalized spacial score (nSPS) is 26.9.